The molecule has 3 heteroatoms. The van der Waals surface area contributed by atoms with E-state index < -0.39 is 0 Å². The molecule has 2 N–H and O–H groups in total. The lowest BCUT2D eigenvalue weighted by molar-refractivity contribution is 0.101. The van der Waals surface area contributed by atoms with Crippen LogP contribution in [0.4, 0.5) is 5.69 Å². The number of rotatable bonds is 2. The van der Waals surface area contributed by atoms with Gasteiger partial charge in [-0.15, -0.1) is 0 Å². The van der Waals surface area contributed by atoms with Crippen LogP contribution < -0.4 is 5.73 Å². The molecule has 2 aromatic rings. The molecule has 0 saturated carbocycles. The first kappa shape index (κ1) is 11.3. The summed E-state index contributed by atoms with van der Waals surface area (Å²) in [6.45, 7) is 3.46. The normalized spacial score (nSPS) is 10.2. The summed E-state index contributed by atoms with van der Waals surface area (Å²) in [5.41, 5.74) is 9.96. The lowest BCUT2D eigenvalue weighted by Crippen LogP contribution is -1.99. The summed E-state index contributed by atoms with van der Waals surface area (Å²) < 4.78 is 0. The van der Waals surface area contributed by atoms with Crippen LogP contribution in [-0.4, -0.2) is 10.8 Å². The van der Waals surface area contributed by atoms with Crippen molar-refractivity contribution in [3.63, 3.8) is 0 Å². The molecular formula is C14H14N2O. The van der Waals surface area contributed by atoms with Crippen LogP contribution >= 0.6 is 0 Å². The number of anilines is 1. The molecule has 0 aliphatic heterocycles. The molecule has 17 heavy (non-hydrogen) atoms. The second-order valence-electron chi connectivity index (χ2n) is 4.04. The zero-order chi connectivity index (χ0) is 12.4. The van der Waals surface area contributed by atoms with Gasteiger partial charge < -0.3 is 5.73 Å². The number of carbonyl (C=O) groups is 1. The summed E-state index contributed by atoms with van der Waals surface area (Å²) in [6, 6.07) is 9.41. The first-order valence-corrected chi connectivity index (χ1v) is 5.41. The Morgan fingerprint density at radius 3 is 2.47 bits per heavy atom. The summed E-state index contributed by atoms with van der Waals surface area (Å²) in [7, 11) is 0. The second kappa shape index (κ2) is 4.37. The molecule has 1 aromatic carbocycles. The minimum Gasteiger partial charge on any atom is -0.398 e. The number of nitrogens with zero attached hydrogens (tertiary/aromatic N) is 1. The highest BCUT2D eigenvalue weighted by Crippen LogP contribution is 2.24. The average Bonchev–Trinajstić information content (AvgIpc) is 2.28. The highest BCUT2D eigenvalue weighted by molar-refractivity contribution is 5.99. The predicted molar refractivity (Wildman–Crippen MR) is 68.8 cm³/mol. The van der Waals surface area contributed by atoms with Crippen molar-refractivity contribution in [3.05, 3.63) is 47.8 Å². The van der Waals surface area contributed by atoms with Gasteiger partial charge in [-0.1, -0.05) is 6.07 Å². The van der Waals surface area contributed by atoms with Crippen LogP contribution in [0.15, 0.2) is 36.5 Å². The number of aromatic nitrogens is 1. The number of ketones is 1. The maximum Gasteiger partial charge on any atom is 0.161 e. The minimum atomic E-state index is -0.0139. The van der Waals surface area contributed by atoms with E-state index in [-0.39, 0.29) is 5.78 Å². The van der Waals surface area contributed by atoms with Gasteiger partial charge in [-0.2, -0.15) is 0 Å². The molecule has 0 spiro atoms. The van der Waals surface area contributed by atoms with Gasteiger partial charge in [-0.25, -0.2) is 0 Å². The number of Topliss-reactive ketones (excluding diaryl/α,β-unsaturated/α-hetero) is 1. The molecule has 0 unspecified atom stereocenters. The molecule has 3 nitrogen and oxygen atoms in total. The molecular weight excluding hydrogens is 212 g/mol. The minimum absolute atomic E-state index is 0.0139. The third-order valence-corrected chi connectivity index (χ3v) is 2.66. The Morgan fingerprint density at radius 1 is 1.18 bits per heavy atom. The van der Waals surface area contributed by atoms with Crippen LogP contribution in [0.3, 0.4) is 0 Å². The van der Waals surface area contributed by atoms with Crippen molar-refractivity contribution in [1.29, 1.82) is 0 Å². The van der Waals surface area contributed by atoms with Gasteiger partial charge in [0.05, 0.1) is 0 Å². The monoisotopic (exact) mass is 226 g/mol. The predicted octanol–water partition coefficient (Wildman–Crippen LogP) is 2.84. The Labute approximate surface area is 100 Å². The number of carbonyl (C=O) groups excluding carboxylic acids is 1. The number of nitrogens with two attached hydrogens (primary N) is 1. The van der Waals surface area contributed by atoms with Gasteiger partial charge in [0.25, 0.3) is 0 Å². The van der Waals surface area contributed by atoms with E-state index in [0.29, 0.717) is 11.3 Å². The molecule has 0 saturated heterocycles. The third-order valence-electron chi connectivity index (χ3n) is 2.66. The van der Waals surface area contributed by atoms with Crippen LogP contribution in [0.5, 0.6) is 0 Å². The van der Waals surface area contributed by atoms with Crippen molar-refractivity contribution in [1.82, 2.24) is 4.98 Å². The van der Waals surface area contributed by atoms with Crippen molar-refractivity contribution in [2.24, 2.45) is 0 Å². The van der Waals surface area contributed by atoms with E-state index in [2.05, 4.69) is 4.98 Å². The second-order valence-corrected chi connectivity index (χ2v) is 4.04. The molecule has 0 atom stereocenters. The van der Waals surface area contributed by atoms with Crippen LogP contribution in [0.2, 0.25) is 0 Å². The van der Waals surface area contributed by atoms with Crippen LogP contribution in [0, 0.1) is 6.92 Å². The molecule has 2 rings (SSSR count). The van der Waals surface area contributed by atoms with Crippen molar-refractivity contribution in [3.8, 4) is 11.1 Å². The fourth-order valence-electron chi connectivity index (χ4n) is 1.79. The average molecular weight is 226 g/mol. The van der Waals surface area contributed by atoms with E-state index in [1.54, 1.807) is 12.3 Å². The van der Waals surface area contributed by atoms with Crippen molar-refractivity contribution >= 4 is 11.5 Å². The number of benzene rings is 1. The molecule has 0 bridgehead atoms. The fraction of sp³-hybridized carbons (Fsp3) is 0.143. The standard InChI is InChI=1S/C14H14N2O/c1-9-7-12(5-6-16-9)11-3-4-13(10(2)17)14(15)8-11/h3-8H,15H2,1-2H3. The largest absolute Gasteiger partial charge is 0.398 e. The fourth-order valence-corrected chi connectivity index (χ4v) is 1.79. The van der Waals surface area contributed by atoms with Crippen molar-refractivity contribution < 1.29 is 4.79 Å². The van der Waals surface area contributed by atoms with E-state index in [4.69, 9.17) is 5.73 Å². The molecule has 1 aromatic heterocycles. The molecule has 0 fully saturated rings. The van der Waals surface area contributed by atoms with Gasteiger partial charge in [0.2, 0.25) is 0 Å². The third kappa shape index (κ3) is 2.33. The van der Waals surface area contributed by atoms with Crippen molar-refractivity contribution in [2.75, 3.05) is 5.73 Å². The van der Waals surface area contributed by atoms with E-state index in [9.17, 15) is 4.79 Å². The Kier molecular flexibility index (Phi) is 2.91. The molecule has 0 radical (unpaired) electrons. The SMILES string of the molecule is CC(=O)c1ccc(-c2ccnc(C)c2)cc1N. The Morgan fingerprint density at radius 2 is 1.88 bits per heavy atom. The summed E-state index contributed by atoms with van der Waals surface area (Å²) in [6.07, 6.45) is 1.76. The summed E-state index contributed by atoms with van der Waals surface area (Å²) in [5.74, 6) is -0.0139. The topological polar surface area (TPSA) is 56.0 Å². The van der Waals surface area contributed by atoms with E-state index >= 15 is 0 Å². The molecule has 0 aliphatic carbocycles. The van der Waals surface area contributed by atoms with E-state index in [1.165, 1.54) is 6.92 Å². The van der Waals surface area contributed by atoms with E-state index in [1.807, 2.05) is 31.2 Å². The molecule has 0 amide bonds. The Hall–Kier alpha value is -2.16. The van der Waals surface area contributed by atoms with Crippen LogP contribution in [0.1, 0.15) is 23.0 Å². The highest BCUT2D eigenvalue weighted by Gasteiger charge is 2.06. The highest BCUT2D eigenvalue weighted by atomic mass is 16.1. The van der Waals surface area contributed by atoms with Gasteiger partial charge in [-0.3, -0.25) is 9.78 Å². The smallest absolute Gasteiger partial charge is 0.161 e. The Bertz CT molecular complexity index is 576. The van der Waals surface area contributed by atoms with Gasteiger partial charge in [0.1, 0.15) is 0 Å². The van der Waals surface area contributed by atoms with Gasteiger partial charge in [-0.05, 0) is 49.2 Å². The number of nitrogen functional groups attached to an aromatic ring is 1. The quantitative estimate of drug-likeness (QED) is 0.632. The summed E-state index contributed by atoms with van der Waals surface area (Å²) in [5, 5.41) is 0. The lowest BCUT2D eigenvalue weighted by Gasteiger charge is -2.06. The first-order valence-electron chi connectivity index (χ1n) is 5.41. The van der Waals surface area contributed by atoms with Gasteiger partial charge in [0.15, 0.2) is 5.78 Å². The maximum absolute atomic E-state index is 11.3. The van der Waals surface area contributed by atoms with Crippen molar-refractivity contribution in [2.45, 2.75) is 13.8 Å². The number of hydrogen-bond donors (Lipinski definition) is 1. The van der Waals surface area contributed by atoms with Gasteiger partial charge in [0, 0.05) is 23.1 Å². The number of pyridine rings is 1. The summed E-state index contributed by atoms with van der Waals surface area (Å²) in [4.78, 5) is 15.4. The van der Waals surface area contributed by atoms with Crippen LogP contribution in [0.25, 0.3) is 11.1 Å². The lowest BCUT2D eigenvalue weighted by atomic mass is 10.0. The first-order chi connectivity index (χ1) is 8.08. The molecule has 0 aliphatic rings. The number of aryl methyl sites for hydroxylation is 1. The maximum atomic E-state index is 11.3. The zero-order valence-corrected chi connectivity index (χ0v) is 9.90. The zero-order valence-electron chi connectivity index (χ0n) is 9.90. The van der Waals surface area contributed by atoms with Gasteiger partial charge >= 0.3 is 0 Å². The Balaban J connectivity index is 2.48. The molecule has 1 heterocycles. The number of hydrogen-bond acceptors (Lipinski definition) is 3. The van der Waals surface area contributed by atoms with E-state index in [0.717, 1.165) is 16.8 Å². The van der Waals surface area contributed by atoms with Crippen LogP contribution in [-0.2, 0) is 0 Å². The molecule has 86 valence electrons. The summed E-state index contributed by atoms with van der Waals surface area (Å²) >= 11 is 0.